The van der Waals surface area contributed by atoms with E-state index in [9.17, 15) is 8.42 Å². The number of sulfonamides is 1. The molecule has 1 aromatic carbocycles. The van der Waals surface area contributed by atoms with Gasteiger partial charge >= 0.3 is 0 Å². The van der Waals surface area contributed by atoms with Crippen LogP contribution in [0.25, 0.3) is 0 Å². The van der Waals surface area contributed by atoms with Gasteiger partial charge in [-0.05, 0) is 37.1 Å². The Morgan fingerprint density at radius 1 is 1.15 bits per heavy atom. The average molecular weight is 398 g/mol. The van der Waals surface area contributed by atoms with E-state index in [0.29, 0.717) is 29.2 Å². The van der Waals surface area contributed by atoms with Gasteiger partial charge in [0, 0.05) is 11.7 Å². The highest BCUT2D eigenvalue weighted by Crippen LogP contribution is 2.32. The molecular weight excluding hydrogens is 374 g/mol. The number of benzene rings is 1. The molecule has 1 heterocycles. The van der Waals surface area contributed by atoms with Gasteiger partial charge in [-0.1, -0.05) is 31.0 Å². The number of nitrogens with two attached hydrogens (primary N) is 2. The minimum Gasteiger partial charge on any atom is -0.493 e. The van der Waals surface area contributed by atoms with Crippen LogP contribution in [-0.2, 0) is 10.0 Å². The van der Waals surface area contributed by atoms with Crippen molar-refractivity contribution in [3.63, 3.8) is 0 Å². The molecule has 1 fully saturated rings. The van der Waals surface area contributed by atoms with Crippen LogP contribution in [0.15, 0.2) is 34.3 Å². The third kappa shape index (κ3) is 4.68. The Kier molecular flexibility index (Phi) is 6.05. The van der Waals surface area contributed by atoms with E-state index < -0.39 is 10.0 Å². The van der Waals surface area contributed by atoms with E-state index >= 15 is 0 Å². The van der Waals surface area contributed by atoms with Gasteiger partial charge in [0.05, 0.1) is 11.5 Å². The van der Waals surface area contributed by atoms with E-state index in [1.54, 1.807) is 16.8 Å². The van der Waals surface area contributed by atoms with Crippen molar-refractivity contribution in [2.75, 3.05) is 18.2 Å². The van der Waals surface area contributed by atoms with Crippen molar-refractivity contribution in [1.29, 1.82) is 0 Å². The lowest BCUT2D eigenvalue weighted by molar-refractivity contribution is 0.343. The van der Waals surface area contributed by atoms with Gasteiger partial charge in [-0.15, -0.1) is 10.2 Å². The SMILES string of the molecule is Nn1c(SCCOc2ccc(S(N)(=O)=O)cc2)nnc1C1CCCCC1. The van der Waals surface area contributed by atoms with Gasteiger partial charge in [0.25, 0.3) is 0 Å². The van der Waals surface area contributed by atoms with Gasteiger partial charge in [-0.3, -0.25) is 0 Å². The Morgan fingerprint density at radius 3 is 2.50 bits per heavy atom. The summed E-state index contributed by atoms with van der Waals surface area (Å²) in [5.41, 5.74) is 0. The molecule has 26 heavy (non-hydrogen) atoms. The predicted molar refractivity (Wildman–Crippen MR) is 100 cm³/mol. The smallest absolute Gasteiger partial charge is 0.238 e. The van der Waals surface area contributed by atoms with Crippen molar-refractivity contribution in [2.24, 2.45) is 5.14 Å². The Hall–Kier alpha value is -1.78. The summed E-state index contributed by atoms with van der Waals surface area (Å²) in [4.78, 5) is 0.0608. The van der Waals surface area contributed by atoms with E-state index in [2.05, 4.69) is 10.2 Å². The zero-order chi connectivity index (χ0) is 18.6. The van der Waals surface area contributed by atoms with Gasteiger partial charge in [-0.2, -0.15) is 0 Å². The summed E-state index contributed by atoms with van der Waals surface area (Å²) < 4.78 is 29.6. The van der Waals surface area contributed by atoms with Crippen LogP contribution >= 0.6 is 11.8 Å². The normalized spacial score (nSPS) is 15.9. The van der Waals surface area contributed by atoms with Crippen LogP contribution < -0.4 is 15.7 Å². The van der Waals surface area contributed by atoms with Crippen LogP contribution in [0.5, 0.6) is 5.75 Å². The molecule has 1 aliphatic rings. The second-order valence-corrected chi connectivity index (χ2v) is 8.88. The lowest BCUT2D eigenvalue weighted by Crippen LogP contribution is -2.18. The molecule has 1 aliphatic carbocycles. The number of rotatable bonds is 7. The largest absolute Gasteiger partial charge is 0.493 e. The van der Waals surface area contributed by atoms with Gasteiger partial charge in [0.15, 0.2) is 5.82 Å². The highest BCUT2D eigenvalue weighted by atomic mass is 32.2. The number of hydrogen-bond donors (Lipinski definition) is 2. The lowest BCUT2D eigenvalue weighted by atomic mass is 9.89. The van der Waals surface area contributed by atoms with Crippen molar-refractivity contribution >= 4 is 21.8 Å². The fourth-order valence-electron chi connectivity index (χ4n) is 3.04. The topological polar surface area (TPSA) is 126 Å². The summed E-state index contributed by atoms with van der Waals surface area (Å²) in [6.07, 6.45) is 5.97. The van der Waals surface area contributed by atoms with Crippen LogP contribution in [-0.4, -0.2) is 35.7 Å². The number of aromatic nitrogens is 3. The molecule has 3 rings (SSSR count). The molecule has 0 unspecified atom stereocenters. The molecule has 0 aliphatic heterocycles. The molecule has 0 atom stereocenters. The van der Waals surface area contributed by atoms with E-state index in [4.69, 9.17) is 15.7 Å². The molecule has 0 saturated heterocycles. The molecule has 142 valence electrons. The molecule has 0 amide bonds. The van der Waals surface area contributed by atoms with Gasteiger partial charge < -0.3 is 10.6 Å². The molecule has 1 aromatic heterocycles. The third-order valence-corrected chi connectivity index (χ3v) is 6.23. The number of primary sulfonamides is 1. The summed E-state index contributed by atoms with van der Waals surface area (Å²) in [6, 6.07) is 6.00. The molecule has 0 spiro atoms. The molecule has 0 radical (unpaired) electrons. The maximum Gasteiger partial charge on any atom is 0.238 e. The maximum absolute atomic E-state index is 11.2. The highest BCUT2D eigenvalue weighted by Gasteiger charge is 2.22. The van der Waals surface area contributed by atoms with Crippen LogP contribution in [0.2, 0.25) is 0 Å². The lowest BCUT2D eigenvalue weighted by Gasteiger charge is -2.20. The van der Waals surface area contributed by atoms with Gasteiger partial charge in [0.2, 0.25) is 15.2 Å². The fourth-order valence-corrected chi connectivity index (χ4v) is 4.24. The second kappa shape index (κ2) is 8.28. The van der Waals surface area contributed by atoms with Crippen LogP contribution in [0.4, 0.5) is 0 Å². The maximum atomic E-state index is 11.2. The van der Waals surface area contributed by atoms with Gasteiger partial charge in [-0.25, -0.2) is 18.2 Å². The number of hydrogen-bond acceptors (Lipinski definition) is 7. The van der Waals surface area contributed by atoms with Gasteiger partial charge in [0.1, 0.15) is 5.75 Å². The first kappa shape index (κ1) is 19.0. The van der Waals surface area contributed by atoms with Crippen LogP contribution in [0.1, 0.15) is 43.8 Å². The predicted octanol–water partition coefficient (Wildman–Crippen LogP) is 1.86. The van der Waals surface area contributed by atoms with Crippen LogP contribution in [0, 0.1) is 0 Å². The Labute approximate surface area is 157 Å². The standard InChI is InChI=1S/C16H23N5O3S2/c17-21-15(12-4-2-1-3-5-12)19-20-16(21)25-11-10-24-13-6-8-14(9-7-13)26(18,22)23/h6-9,12H,1-5,10-11,17H2,(H2,18,22,23). The zero-order valence-electron chi connectivity index (χ0n) is 14.4. The summed E-state index contributed by atoms with van der Waals surface area (Å²) in [6.45, 7) is 0.436. The zero-order valence-corrected chi connectivity index (χ0v) is 16.0. The van der Waals surface area contributed by atoms with E-state index in [1.165, 1.54) is 43.2 Å². The molecule has 2 aromatic rings. The minimum atomic E-state index is -3.68. The first-order valence-electron chi connectivity index (χ1n) is 8.54. The van der Waals surface area contributed by atoms with Crippen molar-refractivity contribution in [3.05, 3.63) is 30.1 Å². The first-order chi connectivity index (χ1) is 12.4. The Balaban J connectivity index is 1.48. The summed E-state index contributed by atoms with van der Waals surface area (Å²) in [7, 11) is -3.68. The molecular formula is C16H23N5O3S2. The molecule has 8 nitrogen and oxygen atoms in total. The molecule has 1 saturated carbocycles. The molecule has 4 N–H and O–H groups in total. The average Bonchev–Trinajstić information content (AvgIpc) is 3.00. The molecule has 10 heteroatoms. The van der Waals surface area contributed by atoms with Crippen molar-refractivity contribution in [1.82, 2.24) is 14.9 Å². The van der Waals surface area contributed by atoms with Crippen LogP contribution in [0.3, 0.4) is 0 Å². The number of nitrogens with zero attached hydrogens (tertiary/aromatic N) is 3. The third-order valence-electron chi connectivity index (χ3n) is 4.40. The van der Waals surface area contributed by atoms with Crippen molar-refractivity contribution in [2.45, 2.75) is 48.1 Å². The van der Waals surface area contributed by atoms with E-state index in [0.717, 1.165) is 18.7 Å². The second-order valence-electron chi connectivity index (χ2n) is 6.26. The number of thioether (sulfide) groups is 1. The van der Waals surface area contributed by atoms with Crippen molar-refractivity contribution < 1.29 is 13.2 Å². The first-order valence-corrected chi connectivity index (χ1v) is 11.1. The van der Waals surface area contributed by atoms with Crippen molar-refractivity contribution in [3.8, 4) is 5.75 Å². The summed E-state index contributed by atoms with van der Waals surface area (Å²) in [5.74, 6) is 8.65. The fraction of sp³-hybridized carbons (Fsp3) is 0.500. The Morgan fingerprint density at radius 2 is 1.85 bits per heavy atom. The highest BCUT2D eigenvalue weighted by molar-refractivity contribution is 7.99. The monoisotopic (exact) mass is 397 g/mol. The Bertz CT molecular complexity index is 830. The quantitative estimate of drug-likeness (QED) is 0.415. The van der Waals surface area contributed by atoms with E-state index in [-0.39, 0.29) is 4.90 Å². The number of ether oxygens (including phenoxy) is 1. The molecule has 0 bridgehead atoms. The summed E-state index contributed by atoms with van der Waals surface area (Å²) >= 11 is 1.48. The minimum absolute atomic E-state index is 0.0608. The summed E-state index contributed by atoms with van der Waals surface area (Å²) in [5, 5.41) is 14.2. The number of nitrogen functional groups attached to an aromatic ring is 1. The van der Waals surface area contributed by atoms with E-state index in [1.807, 2.05) is 0 Å².